The molecule has 3 rings (SSSR count). The van der Waals surface area contributed by atoms with E-state index >= 15 is 0 Å². The summed E-state index contributed by atoms with van der Waals surface area (Å²) >= 11 is 3.12. The van der Waals surface area contributed by atoms with Crippen molar-refractivity contribution in [3.05, 3.63) is 75.7 Å². The van der Waals surface area contributed by atoms with Crippen LogP contribution < -0.4 is 10.1 Å². The molecule has 0 unspecified atom stereocenters. The molecule has 1 N–H and O–H groups in total. The van der Waals surface area contributed by atoms with E-state index in [1.165, 1.54) is 21.8 Å². The zero-order chi connectivity index (χ0) is 19.1. The van der Waals surface area contributed by atoms with Crippen LogP contribution in [0.4, 0.5) is 0 Å². The molecule has 27 heavy (non-hydrogen) atoms. The number of rotatable bonds is 8. The number of nitrogens with zero attached hydrogens (tertiary/aromatic N) is 1. The molecule has 1 aromatic heterocycles. The molecule has 0 atom stereocenters. The van der Waals surface area contributed by atoms with Crippen molar-refractivity contribution in [3.8, 4) is 5.75 Å². The fraction of sp³-hybridized carbons (Fsp3) is 0.238. The van der Waals surface area contributed by atoms with E-state index in [4.69, 9.17) is 4.74 Å². The van der Waals surface area contributed by atoms with Gasteiger partial charge < -0.3 is 10.1 Å². The first-order valence-electron chi connectivity index (χ1n) is 8.73. The average molecular weight is 399 g/mol. The van der Waals surface area contributed by atoms with Crippen molar-refractivity contribution < 1.29 is 9.53 Å². The number of hydrogen-bond acceptors (Lipinski definition) is 5. The van der Waals surface area contributed by atoms with E-state index in [0.29, 0.717) is 18.0 Å². The van der Waals surface area contributed by atoms with Crippen LogP contribution >= 0.6 is 23.1 Å². The number of carbonyl (C=O) groups is 1. The minimum absolute atomic E-state index is 0.0692. The monoisotopic (exact) mass is 398 g/mol. The minimum atomic E-state index is -0.0692. The molecule has 0 aliphatic rings. The van der Waals surface area contributed by atoms with E-state index in [1.807, 2.05) is 56.3 Å². The van der Waals surface area contributed by atoms with Crippen molar-refractivity contribution in [1.29, 1.82) is 0 Å². The molecule has 0 fully saturated rings. The number of hydrogen-bond donors (Lipinski definition) is 1. The van der Waals surface area contributed by atoms with Gasteiger partial charge in [0.15, 0.2) is 0 Å². The molecule has 0 saturated heterocycles. The largest absolute Gasteiger partial charge is 0.486 e. The second-order valence-corrected chi connectivity index (χ2v) is 8.29. The second-order valence-electron chi connectivity index (χ2n) is 6.04. The minimum Gasteiger partial charge on any atom is -0.486 e. The Morgan fingerprint density at radius 1 is 1.11 bits per heavy atom. The fourth-order valence-corrected chi connectivity index (χ4v) is 4.12. The normalized spacial score (nSPS) is 10.6. The molecule has 4 nitrogen and oxygen atoms in total. The zero-order valence-electron chi connectivity index (χ0n) is 15.4. The quantitative estimate of drug-likeness (QED) is 0.435. The SMILES string of the molecule is Cc1ccc(OCc2nc(C)c(C(=O)NCCSc3ccccc3)s2)cc1. The maximum absolute atomic E-state index is 12.4. The summed E-state index contributed by atoms with van der Waals surface area (Å²) in [7, 11) is 0. The van der Waals surface area contributed by atoms with E-state index in [9.17, 15) is 4.79 Å². The van der Waals surface area contributed by atoms with E-state index < -0.39 is 0 Å². The summed E-state index contributed by atoms with van der Waals surface area (Å²) in [5.41, 5.74) is 1.94. The molecule has 0 radical (unpaired) electrons. The molecular weight excluding hydrogens is 376 g/mol. The third kappa shape index (κ3) is 5.84. The predicted molar refractivity (Wildman–Crippen MR) is 112 cm³/mol. The highest BCUT2D eigenvalue weighted by Crippen LogP contribution is 2.21. The molecular formula is C21H22N2O2S2. The Balaban J connectivity index is 1.47. The van der Waals surface area contributed by atoms with Gasteiger partial charge >= 0.3 is 0 Å². The number of ether oxygens (including phenoxy) is 1. The Hall–Kier alpha value is -2.31. The van der Waals surface area contributed by atoms with Gasteiger partial charge in [-0.1, -0.05) is 35.9 Å². The first-order chi connectivity index (χ1) is 13.1. The van der Waals surface area contributed by atoms with Gasteiger partial charge in [-0.3, -0.25) is 4.79 Å². The zero-order valence-corrected chi connectivity index (χ0v) is 17.0. The molecule has 0 aliphatic carbocycles. The van der Waals surface area contributed by atoms with Crippen LogP contribution in [0.25, 0.3) is 0 Å². The Morgan fingerprint density at radius 2 is 1.85 bits per heavy atom. The van der Waals surface area contributed by atoms with Crippen molar-refractivity contribution in [2.45, 2.75) is 25.3 Å². The summed E-state index contributed by atoms with van der Waals surface area (Å²) in [5.74, 6) is 1.56. The Labute approximate surface area is 168 Å². The summed E-state index contributed by atoms with van der Waals surface area (Å²) in [6.07, 6.45) is 0. The van der Waals surface area contributed by atoms with Gasteiger partial charge in [-0.25, -0.2) is 4.98 Å². The maximum Gasteiger partial charge on any atom is 0.263 e. The van der Waals surface area contributed by atoms with Crippen LogP contribution in [0.5, 0.6) is 5.75 Å². The summed E-state index contributed by atoms with van der Waals surface area (Å²) < 4.78 is 5.76. The average Bonchev–Trinajstić information content (AvgIpc) is 3.06. The number of aryl methyl sites for hydroxylation is 2. The molecule has 140 valence electrons. The van der Waals surface area contributed by atoms with Crippen LogP contribution in [0.15, 0.2) is 59.5 Å². The Morgan fingerprint density at radius 3 is 2.59 bits per heavy atom. The molecule has 0 spiro atoms. The van der Waals surface area contributed by atoms with Crippen LogP contribution in [0.1, 0.15) is 25.9 Å². The third-order valence-electron chi connectivity index (χ3n) is 3.83. The van der Waals surface area contributed by atoms with Crippen molar-refractivity contribution >= 4 is 29.0 Å². The molecule has 1 amide bonds. The molecule has 0 aliphatic heterocycles. The van der Waals surface area contributed by atoms with Crippen LogP contribution in [-0.2, 0) is 6.61 Å². The van der Waals surface area contributed by atoms with Gasteiger partial charge in [-0.05, 0) is 38.1 Å². The fourth-order valence-electron chi connectivity index (χ4n) is 2.43. The number of carbonyl (C=O) groups excluding carboxylic acids is 1. The standard InChI is InChI=1S/C21H22N2O2S2/c1-15-8-10-17(11-9-15)25-14-19-23-16(2)20(27-19)21(24)22-12-13-26-18-6-4-3-5-7-18/h3-11H,12-14H2,1-2H3,(H,22,24). The molecule has 6 heteroatoms. The first-order valence-corrected chi connectivity index (χ1v) is 10.5. The molecule has 2 aromatic carbocycles. The lowest BCUT2D eigenvalue weighted by molar-refractivity contribution is 0.0959. The summed E-state index contributed by atoms with van der Waals surface area (Å²) in [4.78, 5) is 18.7. The van der Waals surface area contributed by atoms with Crippen molar-refractivity contribution in [3.63, 3.8) is 0 Å². The number of thioether (sulfide) groups is 1. The number of benzene rings is 2. The number of aromatic nitrogens is 1. The van der Waals surface area contributed by atoms with Gasteiger partial charge in [0.2, 0.25) is 0 Å². The van der Waals surface area contributed by atoms with E-state index in [1.54, 1.807) is 11.8 Å². The summed E-state index contributed by atoms with van der Waals surface area (Å²) in [6.45, 7) is 4.88. The van der Waals surface area contributed by atoms with Crippen molar-refractivity contribution in [2.24, 2.45) is 0 Å². The first kappa shape index (κ1) is 19.5. The van der Waals surface area contributed by atoms with Crippen molar-refractivity contribution in [1.82, 2.24) is 10.3 Å². The smallest absolute Gasteiger partial charge is 0.263 e. The topological polar surface area (TPSA) is 51.2 Å². The number of thiazole rings is 1. The predicted octanol–water partition coefficient (Wildman–Crippen LogP) is 4.86. The van der Waals surface area contributed by atoms with Crippen molar-refractivity contribution in [2.75, 3.05) is 12.3 Å². The highest BCUT2D eigenvalue weighted by atomic mass is 32.2. The molecule has 3 aromatic rings. The van der Waals surface area contributed by atoms with Crippen LogP contribution in [0.3, 0.4) is 0 Å². The summed E-state index contributed by atoms with van der Waals surface area (Å²) in [6, 6.07) is 18.1. The van der Waals surface area contributed by atoms with Gasteiger partial charge in [0.1, 0.15) is 22.2 Å². The Kier molecular flexibility index (Phi) is 6.90. The maximum atomic E-state index is 12.4. The molecule has 0 bridgehead atoms. The number of amides is 1. The van der Waals surface area contributed by atoms with Gasteiger partial charge in [-0.2, -0.15) is 0 Å². The van der Waals surface area contributed by atoms with E-state index in [-0.39, 0.29) is 5.91 Å². The lowest BCUT2D eigenvalue weighted by atomic mass is 10.2. The molecule has 1 heterocycles. The summed E-state index contributed by atoms with van der Waals surface area (Å²) in [5, 5.41) is 3.78. The number of nitrogens with one attached hydrogen (secondary N) is 1. The highest BCUT2D eigenvalue weighted by Gasteiger charge is 2.15. The van der Waals surface area contributed by atoms with Gasteiger partial charge in [0, 0.05) is 17.2 Å². The van der Waals surface area contributed by atoms with Crippen LogP contribution in [-0.4, -0.2) is 23.2 Å². The van der Waals surface area contributed by atoms with Gasteiger partial charge in [0.05, 0.1) is 5.69 Å². The highest BCUT2D eigenvalue weighted by molar-refractivity contribution is 7.99. The lowest BCUT2D eigenvalue weighted by Gasteiger charge is -2.04. The van der Waals surface area contributed by atoms with E-state index in [0.717, 1.165) is 22.2 Å². The molecule has 0 saturated carbocycles. The second kappa shape index (κ2) is 9.58. The van der Waals surface area contributed by atoms with Gasteiger partial charge in [-0.15, -0.1) is 23.1 Å². The van der Waals surface area contributed by atoms with E-state index in [2.05, 4.69) is 22.4 Å². The van der Waals surface area contributed by atoms with Crippen LogP contribution in [0.2, 0.25) is 0 Å². The van der Waals surface area contributed by atoms with Crippen LogP contribution in [0, 0.1) is 13.8 Å². The Bertz CT molecular complexity index is 877. The lowest BCUT2D eigenvalue weighted by Crippen LogP contribution is -2.25. The van der Waals surface area contributed by atoms with Gasteiger partial charge in [0.25, 0.3) is 5.91 Å². The third-order valence-corrected chi connectivity index (χ3v) is 5.97.